The third-order valence-corrected chi connectivity index (χ3v) is 5.80. The molecule has 1 atom stereocenters. The SMILES string of the molecule is CC(C)Oc1ccc(N2C=CCc3cc(C=Cc4ccc(C(C)(O)C(=O)O)cc4)ccc32)cc1. The third-order valence-electron chi connectivity index (χ3n) is 5.80. The van der Waals surface area contributed by atoms with E-state index in [9.17, 15) is 9.90 Å². The second kappa shape index (κ2) is 9.57. The summed E-state index contributed by atoms with van der Waals surface area (Å²) in [5, 5.41) is 19.3. The van der Waals surface area contributed by atoms with Gasteiger partial charge in [0, 0.05) is 17.6 Å². The Kier molecular flexibility index (Phi) is 6.57. The van der Waals surface area contributed by atoms with Crippen molar-refractivity contribution in [2.75, 3.05) is 4.90 Å². The Hall–Kier alpha value is -3.83. The molecule has 0 amide bonds. The van der Waals surface area contributed by atoms with E-state index < -0.39 is 11.6 Å². The summed E-state index contributed by atoms with van der Waals surface area (Å²) in [6, 6.07) is 21.4. The molecule has 0 fully saturated rings. The Balaban J connectivity index is 1.51. The fraction of sp³-hybridized carbons (Fsp3) is 0.207. The Morgan fingerprint density at radius 2 is 1.65 bits per heavy atom. The number of aliphatic hydroxyl groups is 1. The summed E-state index contributed by atoms with van der Waals surface area (Å²) in [7, 11) is 0. The average Bonchev–Trinajstić information content (AvgIpc) is 2.82. The van der Waals surface area contributed by atoms with Crippen LogP contribution >= 0.6 is 0 Å². The Labute approximate surface area is 200 Å². The number of allylic oxidation sites excluding steroid dienone is 1. The molecule has 5 nitrogen and oxygen atoms in total. The van der Waals surface area contributed by atoms with Gasteiger partial charge in [-0.05, 0) is 85.8 Å². The van der Waals surface area contributed by atoms with Gasteiger partial charge in [0.15, 0.2) is 5.60 Å². The van der Waals surface area contributed by atoms with Crippen LogP contribution in [-0.4, -0.2) is 22.3 Å². The van der Waals surface area contributed by atoms with E-state index in [-0.39, 0.29) is 6.10 Å². The van der Waals surface area contributed by atoms with Crippen LogP contribution in [-0.2, 0) is 16.8 Å². The molecule has 34 heavy (non-hydrogen) atoms. The molecule has 2 N–H and O–H groups in total. The van der Waals surface area contributed by atoms with Crippen LogP contribution in [0.5, 0.6) is 5.75 Å². The van der Waals surface area contributed by atoms with Crippen molar-refractivity contribution < 1.29 is 19.7 Å². The van der Waals surface area contributed by atoms with E-state index in [4.69, 9.17) is 9.84 Å². The van der Waals surface area contributed by atoms with E-state index in [1.807, 2.05) is 38.1 Å². The highest BCUT2D eigenvalue weighted by molar-refractivity contribution is 5.79. The number of carbonyl (C=O) groups is 1. The first-order chi connectivity index (χ1) is 16.2. The number of carboxylic acid groups (broad SMARTS) is 1. The zero-order chi connectivity index (χ0) is 24.3. The summed E-state index contributed by atoms with van der Waals surface area (Å²) < 4.78 is 5.76. The van der Waals surface area contributed by atoms with Gasteiger partial charge >= 0.3 is 5.97 Å². The maximum Gasteiger partial charge on any atom is 0.340 e. The molecule has 0 aliphatic carbocycles. The number of hydrogen-bond donors (Lipinski definition) is 2. The molecule has 1 aliphatic heterocycles. The summed E-state index contributed by atoms with van der Waals surface area (Å²) in [4.78, 5) is 13.4. The van der Waals surface area contributed by atoms with Crippen LogP contribution in [0.4, 0.5) is 11.4 Å². The van der Waals surface area contributed by atoms with Gasteiger partial charge in [-0.1, -0.05) is 48.6 Å². The Bertz CT molecular complexity index is 1220. The molecule has 0 radical (unpaired) electrons. The second-order valence-corrected chi connectivity index (χ2v) is 8.84. The van der Waals surface area contributed by atoms with E-state index in [1.54, 1.807) is 24.3 Å². The highest BCUT2D eigenvalue weighted by Crippen LogP contribution is 2.34. The number of fused-ring (bicyclic) bond motifs is 1. The molecule has 0 spiro atoms. The van der Waals surface area contributed by atoms with E-state index in [2.05, 4.69) is 47.5 Å². The monoisotopic (exact) mass is 455 g/mol. The number of carboxylic acids is 1. The van der Waals surface area contributed by atoms with Crippen molar-refractivity contribution in [2.45, 2.75) is 38.9 Å². The first kappa shape index (κ1) is 23.3. The van der Waals surface area contributed by atoms with Gasteiger partial charge in [0.2, 0.25) is 0 Å². The van der Waals surface area contributed by atoms with Gasteiger partial charge in [0.05, 0.1) is 6.10 Å². The average molecular weight is 456 g/mol. The van der Waals surface area contributed by atoms with Crippen LogP contribution in [0, 0.1) is 0 Å². The molecule has 3 aromatic rings. The van der Waals surface area contributed by atoms with Gasteiger partial charge in [-0.25, -0.2) is 4.79 Å². The molecule has 0 bridgehead atoms. The maximum absolute atomic E-state index is 11.2. The van der Waals surface area contributed by atoms with Crippen LogP contribution in [0.25, 0.3) is 12.2 Å². The van der Waals surface area contributed by atoms with Crippen molar-refractivity contribution in [3.8, 4) is 5.75 Å². The summed E-state index contributed by atoms with van der Waals surface area (Å²) >= 11 is 0. The minimum atomic E-state index is -1.90. The molecule has 0 aromatic heterocycles. The fourth-order valence-corrected chi connectivity index (χ4v) is 3.89. The van der Waals surface area contributed by atoms with E-state index in [0.717, 1.165) is 34.7 Å². The summed E-state index contributed by atoms with van der Waals surface area (Å²) in [6.07, 6.45) is 9.27. The zero-order valence-electron chi connectivity index (χ0n) is 19.6. The van der Waals surface area contributed by atoms with Crippen molar-refractivity contribution in [1.82, 2.24) is 0 Å². The molecule has 1 aliphatic rings. The number of aliphatic carboxylic acids is 1. The number of nitrogens with zero attached hydrogens (tertiary/aromatic N) is 1. The highest BCUT2D eigenvalue weighted by Gasteiger charge is 2.31. The minimum Gasteiger partial charge on any atom is -0.491 e. The van der Waals surface area contributed by atoms with Gasteiger partial charge < -0.3 is 19.8 Å². The van der Waals surface area contributed by atoms with Gasteiger partial charge in [0.25, 0.3) is 0 Å². The van der Waals surface area contributed by atoms with Crippen LogP contribution in [0.1, 0.15) is 43.0 Å². The first-order valence-electron chi connectivity index (χ1n) is 11.3. The quantitative estimate of drug-likeness (QED) is 0.419. The molecular weight excluding hydrogens is 426 g/mol. The van der Waals surface area contributed by atoms with Gasteiger partial charge in [-0.15, -0.1) is 0 Å². The Morgan fingerprint density at radius 3 is 2.29 bits per heavy atom. The predicted octanol–water partition coefficient (Wildman–Crippen LogP) is 6.14. The van der Waals surface area contributed by atoms with Crippen molar-refractivity contribution in [2.24, 2.45) is 0 Å². The largest absolute Gasteiger partial charge is 0.491 e. The lowest BCUT2D eigenvalue weighted by Gasteiger charge is -2.27. The minimum absolute atomic E-state index is 0.144. The zero-order valence-corrected chi connectivity index (χ0v) is 19.6. The summed E-state index contributed by atoms with van der Waals surface area (Å²) in [5.74, 6) is -0.409. The third kappa shape index (κ3) is 5.05. The molecule has 4 rings (SSSR count). The number of rotatable bonds is 7. The smallest absolute Gasteiger partial charge is 0.340 e. The standard InChI is InChI=1S/C29H29NO4/c1-20(2)34-26-15-13-25(14-16-26)30-18-4-5-23-19-22(10-17-27(23)30)7-6-21-8-11-24(12-9-21)29(3,33)28(31)32/h4,6-20,33H,5H2,1-3H3,(H,31,32). The lowest BCUT2D eigenvalue weighted by Crippen LogP contribution is -2.31. The summed E-state index contributed by atoms with van der Waals surface area (Å²) in [5.41, 5.74) is 3.92. The van der Waals surface area contributed by atoms with Crippen LogP contribution in [0.15, 0.2) is 79.0 Å². The van der Waals surface area contributed by atoms with Gasteiger partial charge in [0.1, 0.15) is 5.75 Å². The fourth-order valence-electron chi connectivity index (χ4n) is 3.89. The molecule has 0 saturated heterocycles. The maximum atomic E-state index is 11.2. The van der Waals surface area contributed by atoms with Crippen LogP contribution in [0.2, 0.25) is 0 Å². The number of benzene rings is 3. The topological polar surface area (TPSA) is 70.0 Å². The summed E-state index contributed by atoms with van der Waals surface area (Å²) in [6.45, 7) is 5.31. The predicted molar refractivity (Wildman–Crippen MR) is 136 cm³/mol. The van der Waals surface area contributed by atoms with E-state index >= 15 is 0 Å². The highest BCUT2D eigenvalue weighted by atomic mass is 16.5. The molecule has 1 heterocycles. The molecule has 5 heteroatoms. The first-order valence-corrected chi connectivity index (χ1v) is 11.3. The molecular formula is C29H29NO4. The second-order valence-electron chi connectivity index (χ2n) is 8.84. The van der Waals surface area contributed by atoms with Gasteiger partial charge in [-0.2, -0.15) is 0 Å². The molecule has 1 unspecified atom stereocenters. The molecule has 3 aromatic carbocycles. The van der Waals surface area contributed by atoms with Crippen molar-refractivity contribution in [3.05, 3.63) is 101 Å². The normalized spacial score (nSPS) is 14.8. The van der Waals surface area contributed by atoms with Crippen LogP contribution < -0.4 is 9.64 Å². The van der Waals surface area contributed by atoms with Crippen molar-refractivity contribution in [1.29, 1.82) is 0 Å². The van der Waals surface area contributed by atoms with E-state index in [0.29, 0.717) is 5.56 Å². The number of ether oxygens (including phenoxy) is 1. The van der Waals surface area contributed by atoms with Crippen molar-refractivity contribution in [3.63, 3.8) is 0 Å². The lowest BCUT2D eigenvalue weighted by atomic mass is 9.95. The van der Waals surface area contributed by atoms with E-state index in [1.165, 1.54) is 12.5 Å². The van der Waals surface area contributed by atoms with Crippen molar-refractivity contribution >= 4 is 29.5 Å². The number of hydrogen-bond acceptors (Lipinski definition) is 4. The molecule has 0 saturated carbocycles. The Morgan fingerprint density at radius 1 is 1.00 bits per heavy atom. The van der Waals surface area contributed by atoms with Crippen LogP contribution in [0.3, 0.4) is 0 Å². The molecule has 174 valence electrons. The number of anilines is 2. The lowest BCUT2D eigenvalue weighted by molar-refractivity contribution is -0.157. The van der Waals surface area contributed by atoms with Gasteiger partial charge in [-0.3, -0.25) is 0 Å².